The molecule has 0 amide bonds. The summed E-state index contributed by atoms with van der Waals surface area (Å²) in [6, 6.07) is 15.7. The second-order valence-electron chi connectivity index (χ2n) is 11.8. The summed E-state index contributed by atoms with van der Waals surface area (Å²) in [5.74, 6) is 1.47. The van der Waals surface area contributed by atoms with Crippen molar-refractivity contribution in [2.75, 3.05) is 0 Å². The summed E-state index contributed by atoms with van der Waals surface area (Å²) in [7, 11) is -3.58. The molecule has 2 aromatic carbocycles. The zero-order chi connectivity index (χ0) is 24.7. The van der Waals surface area contributed by atoms with Crippen molar-refractivity contribution in [3.05, 3.63) is 72.2 Å². The lowest BCUT2D eigenvalue weighted by atomic mass is 9.48. The Morgan fingerprint density at radius 2 is 1.81 bits per heavy atom. The van der Waals surface area contributed by atoms with Crippen LogP contribution in [0.25, 0.3) is 11.3 Å². The smallest absolute Gasteiger partial charge is 0.241 e. The van der Waals surface area contributed by atoms with Gasteiger partial charge in [0.2, 0.25) is 10.0 Å². The van der Waals surface area contributed by atoms with Gasteiger partial charge >= 0.3 is 0 Å². The minimum Gasteiger partial charge on any atom is -0.393 e. The fraction of sp³-hybridized carbons (Fsp3) is 0.483. The van der Waals surface area contributed by atoms with Crippen LogP contribution in [0.3, 0.4) is 0 Å². The van der Waals surface area contributed by atoms with E-state index in [1.807, 2.05) is 31.6 Å². The Hall–Kier alpha value is -2.48. The van der Waals surface area contributed by atoms with Gasteiger partial charge in [-0.15, -0.1) is 0 Å². The Morgan fingerprint density at radius 3 is 2.56 bits per heavy atom. The number of imidazole rings is 1. The summed E-state index contributed by atoms with van der Waals surface area (Å²) >= 11 is 0. The van der Waals surface area contributed by atoms with E-state index < -0.39 is 16.1 Å². The zero-order valence-electron chi connectivity index (χ0n) is 20.5. The fourth-order valence-corrected chi connectivity index (χ4v) is 9.87. The predicted octanol–water partition coefficient (Wildman–Crippen LogP) is 4.69. The number of aliphatic hydroxyl groups excluding tert-OH is 1. The number of aryl methyl sites for hydroxylation is 1. The van der Waals surface area contributed by atoms with Crippen molar-refractivity contribution in [2.24, 2.45) is 23.7 Å². The van der Waals surface area contributed by atoms with Crippen LogP contribution in [0.5, 0.6) is 0 Å². The van der Waals surface area contributed by atoms with Gasteiger partial charge in [0.25, 0.3) is 0 Å². The van der Waals surface area contributed by atoms with Gasteiger partial charge in [-0.3, -0.25) is 0 Å². The van der Waals surface area contributed by atoms with Crippen LogP contribution < -0.4 is 4.72 Å². The lowest BCUT2D eigenvalue weighted by Gasteiger charge is -2.61. The molecule has 4 unspecified atom stereocenters. The quantitative estimate of drug-likeness (QED) is 0.511. The third-order valence-electron chi connectivity index (χ3n) is 9.53. The molecule has 3 aromatic rings. The Morgan fingerprint density at radius 1 is 1.08 bits per heavy atom. The van der Waals surface area contributed by atoms with E-state index in [4.69, 9.17) is 0 Å². The predicted molar refractivity (Wildman–Crippen MR) is 138 cm³/mol. The average Bonchev–Trinajstić information content (AvgIpc) is 3.41. The first kappa shape index (κ1) is 22.7. The van der Waals surface area contributed by atoms with Crippen LogP contribution in [-0.2, 0) is 10.0 Å². The zero-order valence-corrected chi connectivity index (χ0v) is 21.4. The first-order valence-corrected chi connectivity index (χ1v) is 14.7. The highest BCUT2D eigenvalue weighted by Gasteiger charge is 2.58. The van der Waals surface area contributed by atoms with E-state index in [2.05, 4.69) is 38.5 Å². The molecule has 4 atom stereocenters. The molecule has 4 aliphatic carbocycles. The van der Waals surface area contributed by atoms with E-state index in [1.54, 1.807) is 12.1 Å². The number of nitrogens with zero attached hydrogens (tertiary/aromatic N) is 2. The standard InChI is InChI=1S/C29H33N3O3S/c1-18-6-8-22(9-7-18)36(34,35)31-29-13-19-10-20(14-29)28(21(11-19)15-29)27(33)12-25-23-4-2-3-5-24(23)26-16-30-17-32(25)26/h2-9,16-17,19-21,25,27-28,31,33H,10-15H2,1H3. The van der Waals surface area contributed by atoms with E-state index >= 15 is 0 Å². The molecule has 5 aliphatic rings. The molecule has 1 aromatic heterocycles. The summed E-state index contributed by atoms with van der Waals surface area (Å²) in [6.45, 7) is 1.96. The Bertz CT molecular complexity index is 1400. The molecule has 8 rings (SSSR count). The van der Waals surface area contributed by atoms with Gasteiger partial charge in [-0.2, -0.15) is 0 Å². The molecular formula is C29H33N3O3S. The van der Waals surface area contributed by atoms with Crippen LogP contribution in [0.4, 0.5) is 0 Å². The van der Waals surface area contributed by atoms with Crippen molar-refractivity contribution in [3.63, 3.8) is 0 Å². The number of benzene rings is 2. The minimum atomic E-state index is -3.58. The van der Waals surface area contributed by atoms with Crippen LogP contribution in [0.2, 0.25) is 0 Å². The van der Waals surface area contributed by atoms with Crippen molar-refractivity contribution in [3.8, 4) is 11.3 Å². The van der Waals surface area contributed by atoms with Gasteiger partial charge in [-0.1, -0.05) is 42.0 Å². The van der Waals surface area contributed by atoms with Crippen LogP contribution in [0, 0.1) is 30.6 Å². The van der Waals surface area contributed by atoms with E-state index in [0.29, 0.717) is 29.1 Å². The first-order valence-electron chi connectivity index (χ1n) is 13.2. The lowest BCUT2D eigenvalue weighted by Crippen LogP contribution is -2.63. The second kappa shape index (κ2) is 8.01. The van der Waals surface area contributed by atoms with Gasteiger partial charge in [-0.25, -0.2) is 18.1 Å². The lowest BCUT2D eigenvalue weighted by molar-refractivity contribution is -0.106. The number of hydrogen-bond donors (Lipinski definition) is 2. The Kier molecular flexibility index (Phi) is 5.05. The van der Waals surface area contributed by atoms with E-state index in [1.165, 1.54) is 11.1 Å². The van der Waals surface area contributed by atoms with E-state index in [0.717, 1.165) is 43.4 Å². The minimum absolute atomic E-state index is 0.0971. The largest absolute Gasteiger partial charge is 0.393 e. The molecule has 4 bridgehead atoms. The third kappa shape index (κ3) is 3.51. The fourth-order valence-electron chi connectivity index (χ4n) is 8.44. The molecule has 188 valence electrons. The summed E-state index contributed by atoms with van der Waals surface area (Å²) in [6.07, 6.45) is 8.82. The molecule has 4 saturated carbocycles. The monoisotopic (exact) mass is 503 g/mol. The average molecular weight is 504 g/mol. The number of rotatable bonds is 6. The first-order chi connectivity index (χ1) is 17.3. The maximum absolute atomic E-state index is 13.3. The number of aromatic nitrogens is 2. The summed E-state index contributed by atoms with van der Waals surface area (Å²) < 4.78 is 32.0. The molecule has 1 aliphatic heterocycles. The van der Waals surface area contributed by atoms with Crippen LogP contribution in [0.15, 0.2) is 66.0 Å². The van der Waals surface area contributed by atoms with Crippen LogP contribution >= 0.6 is 0 Å². The van der Waals surface area contributed by atoms with Crippen molar-refractivity contribution >= 4 is 10.0 Å². The van der Waals surface area contributed by atoms with Crippen molar-refractivity contribution in [1.82, 2.24) is 14.3 Å². The molecule has 2 N–H and O–H groups in total. The molecule has 36 heavy (non-hydrogen) atoms. The summed E-state index contributed by atoms with van der Waals surface area (Å²) in [4.78, 5) is 4.72. The van der Waals surface area contributed by atoms with Gasteiger partial charge in [0.05, 0.1) is 35.3 Å². The SMILES string of the molecule is Cc1ccc(S(=O)(=O)NC23CC4CC(C2)C(C(O)CC2c5ccccc5-c5cncn52)C(C4)C3)cc1. The van der Waals surface area contributed by atoms with Gasteiger partial charge in [0.15, 0.2) is 0 Å². The molecule has 2 heterocycles. The van der Waals surface area contributed by atoms with Gasteiger partial charge in [0.1, 0.15) is 0 Å². The number of nitrogens with one attached hydrogen (secondary N) is 1. The topological polar surface area (TPSA) is 84.2 Å². The van der Waals surface area contributed by atoms with Crippen molar-refractivity contribution in [2.45, 2.75) is 68.0 Å². The maximum Gasteiger partial charge on any atom is 0.241 e. The highest BCUT2D eigenvalue weighted by atomic mass is 32.2. The second-order valence-corrected chi connectivity index (χ2v) is 13.5. The number of aliphatic hydroxyl groups is 1. The number of fused-ring (bicyclic) bond motifs is 3. The van der Waals surface area contributed by atoms with E-state index in [9.17, 15) is 13.5 Å². The molecule has 4 fully saturated rings. The number of sulfonamides is 1. The van der Waals surface area contributed by atoms with E-state index in [-0.39, 0.29) is 17.5 Å². The highest BCUT2D eigenvalue weighted by Crippen LogP contribution is 2.60. The third-order valence-corrected chi connectivity index (χ3v) is 11.1. The molecular weight excluding hydrogens is 470 g/mol. The van der Waals surface area contributed by atoms with Crippen LogP contribution in [0.1, 0.15) is 55.7 Å². The van der Waals surface area contributed by atoms with Gasteiger partial charge in [-0.05, 0) is 86.8 Å². The molecule has 0 radical (unpaired) electrons. The molecule has 7 heteroatoms. The van der Waals surface area contributed by atoms with Gasteiger partial charge < -0.3 is 9.67 Å². The highest BCUT2D eigenvalue weighted by molar-refractivity contribution is 7.89. The molecule has 0 saturated heterocycles. The van der Waals surface area contributed by atoms with Crippen LogP contribution in [-0.4, -0.2) is 34.7 Å². The summed E-state index contributed by atoms with van der Waals surface area (Å²) in [5.41, 5.74) is 4.26. The summed E-state index contributed by atoms with van der Waals surface area (Å²) in [5, 5.41) is 11.7. The normalized spacial score (nSPS) is 32.9. The molecule has 0 spiro atoms. The molecule has 6 nitrogen and oxygen atoms in total. The van der Waals surface area contributed by atoms with Crippen molar-refractivity contribution < 1.29 is 13.5 Å². The Balaban J connectivity index is 1.12. The van der Waals surface area contributed by atoms with Gasteiger partial charge in [0, 0.05) is 11.1 Å². The number of hydrogen-bond acceptors (Lipinski definition) is 4. The Labute approximate surface area is 212 Å². The maximum atomic E-state index is 13.3. The van der Waals surface area contributed by atoms with Crippen molar-refractivity contribution in [1.29, 1.82) is 0 Å².